The summed E-state index contributed by atoms with van der Waals surface area (Å²) in [6.45, 7) is 4.85. The smallest absolute Gasteiger partial charge is 0.107 e. The van der Waals surface area contributed by atoms with Crippen molar-refractivity contribution in [1.82, 2.24) is 4.98 Å². The molecular weight excluding hydrogens is 252 g/mol. The summed E-state index contributed by atoms with van der Waals surface area (Å²) < 4.78 is 0. The van der Waals surface area contributed by atoms with Gasteiger partial charge >= 0.3 is 0 Å². The van der Waals surface area contributed by atoms with Crippen molar-refractivity contribution in [2.45, 2.75) is 26.3 Å². The van der Waals surface area contributed by atoms with Crippen molar-refractivity contribution in [1.29, 1.82) is 0 Å². The van der Waals surface area contributed by atoms with Crippen LogP contribution in [0.3, 0.4) is 0 Å². The zero-order valence-electron chi connectivity index (χ0n) is 9.90. The summed E-state index contributed by atoms with van der Waals surface area (Å²) in [6, 6.07) is 7.79. The first kappa shape index (κ1) is 12.6. The highest BCUT2D eigenvalue weighted by molar-refractivity contribution is 7.12. The molecule has 0 aliphatic heterocycles. The lowest BCUT2D eigenvalue weighted by Gasteiger charge is -2.05. The normalized spacial score (nSPS) is 11.1. The van der Waals surface area contributed by atoms with Crippen molar-refractivity contribution >= 4 is 22.9 Å². The highest BCUT2D eigenvalue weighted by Crippen LogP contribution is 2.34. The average molecular weight is 267 g/mol. The van der Waals surface area contributed by atoms with Crippen LogP contribution in [0, 0.1) is 0 Å². The molecule has 4 heteroatoms. The first-order chi connectivity index (χ1) is 8.11. The highest BCUT2D eigenvalue weighted by Gasteiger charge is 2.14. The third kappa shape index (κ3) is 2.68. The van der Waals surface area contributed by atoms with Crippen molar-refractivity contribution in [3.8, 4) is 11.3 Å². The van der Waals surface area contributed by atoms with Gasteiger partial charge in [-0.25, -0.2) is 4.98 Å². The summed E-state index contributed by atoms with van der Waals surface area (Å²) in [4.78, 5) is 5.89. The van der Waals surface area contributed by atoms with E-state index in [0.717, 1.165) is 21.3 Å². The number of halogens is 1. The Morgan fingerprint density at radius 2 is 1.94 bits per heavy atom. The van der Waals surface area contributed by atoms with Crippen LogP contribution in [0.15, 0.2) is 24.3 Å². The van der Waals surface area contributed by atoms with E-state index in [0.29, 0.717) is 12.5 Å². The number of rotatable bonds is 3. The predicted molar refractivity (Wildman–Crippen MR) is 74.5 cm³/mol. The van der Waals surface area contributed by atoms with Gasteiger partial charge in [-0.15, -0.1) is 11.3 Å². The van der Waals surface area contributed by atoms with E-state index in [2.05, 4.69) is 18.8 Å². The Morgan fingerprint density at radius 1 is 1.29 bits per heavy atom. The number of nitrogens with zero attached hydrogens (tertiary/aromatic N) is 1. The maximum atomic E-state index is 5.90. The van der Waals surface area contributed by atoms with Gasteiger partial charge in [-0.1, -0.05) is 37.6 Å². The summed E-state index contributed by atoms with van der Waals surface area (Å²) in [5.74, 6) is 0.457. The van der Waals surface area contributed by atoms with Crippen molar-refractivity contribution in [2.75, 3.05) is 0 Å². The van der Waals surface area contributed by atoms with E-state index in [-0.39, 0.29) is 0 Å². The molecule has 0 fully saturated rings. The van der Waals surface area contributed by atoms with Crippen LogP contribution in [0.2, 0.25) is 5.02 Å². The van der Waals surface area contributed by atoms with Gasteiger partial charge in [-0.2, -0.15) is 0 Å². The molecule has 0 bridgehead atoms. The van der Waals surface area contributed by atoms with Gasteiger partial charge in [0.2, 0.25) is 0 Å². The lowest BCUT2D eigenvalue weighted by molar-refractivity contribution is 0.887. The average Bonchev–Trinajstić information content (AvgIpc) is 2.74. The standard InChI is InChI=1S/C13H15ClN2S/c1-8(2)13-12(16-11(7-15)17-13)9-3-5-10(14)6-4-9/h3-6,8H,7,15H2,1-2H3. The molecule has 2 N–H and O–H groups in total. The van der Waals surface area contributed by atoms with Crippen LogP contribution in [0.25, 0.3) is 11.3 Å². The molecule has 0 saturated heterocycles. The van der Waals surface area contributed by atoms with Crippen molar-refractivity contribution in [2.24, 2.45) is 5.73 Å². The second kappa shape index (κ2) is 5.17. The van der Waals surface area contributed by atoms with Crippen LogP contribution in [-0.2, 0) is 6.54 Å². The van der Waals surface area contributed by atoms with E-state index in [1.165, 1.54) is 4.88 Å². The number of thiazole rings is 1. The van der Waals surface area contributed by atoms with Crippen LogP contribution < -0.4 is 5.73 Å². The minimum atomic E-state index is 0.457. The first-order valence-corrected chi connectivity index (χ1v) is 6.77. The number of aromatic nitrogens is 1. The van der Waals surface area contributed by atoms with Gasteiger partial charge < -0.3 is 5.73 Å². The van der Waals surface area contributed by atoms with Gasteiger partial charge in [0.25, 0.3) is 0 Å². The van der Waals surface area contributed by atoms with Crippen LogP contribution in [-0.4, -0.2) is 4.98 Å². The third-order valence-corrected chi connectivity index (χ3v) is 4.14. The molecule has 2 aromatic rings. The topological polar surface area (TPSA) is 38.9 Å². The van der Waals surface area contributed by atoms with E-state index in [1.54, 1.807) is 11.3 Å². The fourth-order valence-corrected chi connectivity index (χ4v) is 2.77. The Labute approximate surface area is 110 Å². The molecule has 90 valence electrons. The summed E-state index contributed by atoms with van der Waals surface area (Å²) in [5.41, 5.74) is 7.81. The van der Waals surface area contributed by atoms with Crippen molar-refractivity contribution in [3.05, 3.63) is 39.2 Å². The van der Waals surface area contributed by atoms with Gasteiger partial charge in [0.05, 0.1) is 5.69 Å². The fourth-order valence-electron chi connectivity index (χ4n) is 1.67. The summed E-state index contributed by atoms with van der Waals surface area (Å²) >= 11 is 7.59. The van der Waals surface area contributed by atoms with Crippen molar-refractivity contribution in [3.63, 3.8) is 0 Å². The van der Waals surface area contributed by atoms with Gasteiger partial charge in [-0.3, -0.25) is 0 Å². The second-order valence-electron chi connectivity index (χ2n) is 4.19. The molecule has 1 aromatic carbocycles. The van der Waals surface area contributed by atoms with Gasteiger partial charge in [0.15, 0.2) is 0 Å². The molecule has 0 radical (unpaired) electrons. The zero-order chi connectivity index (χ0) is 12.4. The maximum absolute atomic E-state index is 5.90. The van der Waals surface area contributed by atoms with E-state index >= 15 is 0 Å². The molecule has 1 aromatic heterocycles. The van der Waals surface area contributed by atoms with Gasteiger partial charge in [0, 0.05) is 22.0 Å². The largest absolute Gasteiger partial charge is 0.325 e. The Hall–Kier alpha value is -0.900. The molecule has 0 unspecified atom stereocenters. The van der Waals surface area contributed by atoms with Crippen LogP contribution in [0.5, 0.6) is 0 Å². The number of benzene rings is 1. The SMILES string of the molecule is CC(C)c1sc(CN)nc1-c1ccc(Cl)cc1. The third-order valence-electron chi connectivity index (χ3n) is 2.51. The highest BCUT2D eigenvalue weighted by atomic mass is 35.5. The van der Waals surface area contributed by atoms with Crippen LogP contribution in [0.4, 0.5) is 0 Å². The Bertz CT molecular complexity index is 503. The van der Waals surface area contributed by atoms with Crippen LogP contribution in [0.1, 0.15) is 29.7 Å². The minimum Gasteiger partial charge on any atom is -0.325 e. The molecule has 17 heavy (non-hydrogen) atoms. The number of hydrogen-bond donors (Lipinski definition) is 1. The summed E-state index contributed by atoms with van der Waals surface area (Å²) in [7, 11) is 0. The number of hydrogen-bond acceptors (Lipinski definition) is 3. The molecule has 2 rings (SSSR count). The van der Waals surface area contributed by atoms with Gasteiger partial charge in [-0.05, 0) is 18.1 Å². The molecule has 0 aliphatic rings. The zero-order valence-corrected chi connectivity index (χ0v) is 11.5. The summed E-state index contributed by atoms with van der Waals surface area (Å²) in [5, 5.41) is 1.73. The summed E-state index contributed by atoms with van der Waals surface area (Å²) in [6.07, 6.45) is 0. The molecular formula is C13H15ClN2S. The van der Waals surface area contributed by atoms with E-state index in [9.17, 15) is 0 Å². The molecule has 0 amide bonds. The Balaban J connectivity index is 2.49. The monoisotopic (exact) mass is 266 g/mol. The molecule has 0 atom stereocenters. The predicted octanol–water partition coefficient (Wildman–Crippen LogP) is 4.05. The molecule has 1 heterocycles. The van der Waals surface area contributed by atoms with E-state index in [4.69, 9.17) is 17.3 Å². The van der Waals surface area contributed by atoms with Crippen molar-refractivity contribution < 1.29 is 0 Å². The fraction of sp³-hybridized carbons (Fsp3) is 0.308. The molecule has 0 saturated carbocycles. The lowest BCUT2D eigenvalue weighted by Crippen LogP contribution is -1.94. The Kier molecular flexibility index (Phi) is 3.82. The second-order valence-corrected chi connectivity index (χ2v) is 5.74. The molecule has 0 aliphatic carbocycles. The molecule has 2 nitrogen and oxygen atoms in total. The van der Waals surface area contributed by atoms with E-state index < -0.39 is 0 Å². The molecule has 0 spiro atoms. The van der Waals surface area contributed by atoms with E-state index in [1.807, 2.05) is 24.3 Å². The van der Waals surface area contributed by atoms with Crippen LogP contribution >= 0.6 is 22.9 Å². The number of nitrogens with two attached hydrogens (primary N) is 1. The maximum Gasteiger partial charge on any atom is 0.107 e. The minimum absolute atomic E-state index is 0.457. The lowest BCUT2D eigenvalue weighted by atomic mass is 10.1. The quantitative estimate of drug-likeness (QED) is 0.910. The first-order valence-electron chi connectivity index (χ1n) is 5.57. The Morgan fingerprint density at radius 3 is 2.47 bits per heavy atom. The van der Waals surface area contributed by atoms with Gasteiger partial charge in [0.1, 0.15) is 5.01 Å².